The highest BCUT2D eigenvalue weighted by Gasteiger charge is 2.19. The average molecular weight is 274 g/mol. The van der Waals surface area contributed by atoms with Gasteiger partial charge in [0.2, 0.25) is 0 Å². The SMILES string of the molecule is COC(=O)C[C@@H](N)c1ccc(OC)c(OC)c1Cl. The van der Waals surface area contributed by atoms with Crippen LogP contribution in [0.3, 0.4) is 0 Å². The number of carbonyl (C=O) groups excluding carboxylic acids is 1. The molecule has 0 amide bonds. The molecule has 0 heterocycles. The summed E-state index contributed by atoms with van der Waals surface area (Å²) in [5.41, 5.74) is 6.52. The van der Waals surface area contributed by atoms with Gasteiger partial charge in [-0.2, -0.15) is 0 Å². The molecule has 0 fully saturated rings. The van der Waals surface area contributed by atoms with Gasteiger partial charge in [-0.1, -0.05) is 17.7 Å². The molecular weight excluding hydrogens is 258 g/mol. The molecule has 0 unspecified atom stereocenters. The maximum Gasteiger partial charge on any atom is 0.307 e. The number of rotatable bonds is 5. The van der Waals surface area contributed by atoms with Gasteiger partial charge in [0.05, 0.1) is 32.8 Å². The smallest absolute Gasteiger partial charge is 0.307 e. The zero-order valence-electron chi connectivity index (χ0n) is 10.5. The quantitative estimate of drug-likeness (QED) is 0.830. The van der Waals surface area contributed by atoms with Gasteiger partial charge >= 0.3 is 5.97 Å². The lowest BCUT2D eigenvalue weighted by Crippen LogP contribution is -2.17. The van der Waals surface area contributed by atoms with Crippen LogP contribution in [0.5, 0.6) is 11.5 Å². The molecule has 0 bridgehead atoms. The molecule has 0 saturated heterocycles. The van der Waals surface area contributed by atoms with Gasteiger partial charge in [-0.05, 0) is 11.6 Å². The second kappa shape index (κ2) is 6.47. The van der Waals surface area contributed by atoms with Gasteiger partial charge in [0, 0.05) is 6.04 Å². The third-order valence-electron chi connectivity index (χ3n) is 2.53. The normalized spacial score (nSPS) is 11.8. The van der Waals surface area contributed by atoms with E-state index in [4.69, 9.17) is 26.8 Å². The van der Waals surface area contributed by atoms with Crippen LogP contribution < -0.4 is 15.2 Å². The number of hydrogen-bond acceptors (Lipinski definition) is 5. The van der Waals surface area contributed by atoms with E-state index in [9.17, 15) is 4.79 Å². The van der Waals surface area contributed by atoms with E-state index in [1.807, 2.05) is 0 Å². The fourth-order valence-corrected chi connectivity index (χ4v) is 1.94. The van der Waals surface area contributed by atoms with Crippen molar-refractivity contribution in [3.05, 3.63) is 22.7 Å². The first-order chi connectivity index (χ1) is 8.54. The molecule has 2 N–H and O–H groups in total. The standard InChI is InChI=1S/C12H16ClNO4/c1-16-9-5-4-7(11(13)12(9)18-3)8(14)6-10(15)17-2/h4-5,8H,6,14H2,1-3H3/t8-/m1/s1. The summed E-state index contributed by atoms with van der Waals surface area (Å²) in [7, 11) is 4.31. The Balaban J connectivity index is 3.06. The molecule has 0 radical (unpaired) electrons. The number of benzene rings is 1. The van der Waals surface area contributed by atoms with Crippen molar-refractivity contribution in [3.63, 3.8) is 0 Å². The van der Waals surface area contributed by atoms with Crippen LogP contribution in [-0.2, 0) is 9.53 Å². The van der Waals surface area contributed by atoms with E-state index in [2.05, 4.69) is 4.74 Å². The predicted octanol–water partition coefficient (Wildman–Crippen LogP) is 1.92. The van der Waals surface area contributed by atoms with Gasteiger partial charge in [0.25, 0.3) is 0 Å². The topological polar surface area (TPSA) is 70.8 Å². The molecular formula is C12H16ClNO4. The average Bonchev–Trinajstić information content (AvgIpc) is 2.37. The number of esters is 1. The van der Waals surface area contributed by atoms with E-state index < -0.39 is 12.0 Å². The molecule has 5 nitrogen and oxygen atoms in total. The Morgan fingerprint density at radius 2 is 2.00 bits per heavy atom. The number of halogens is 1. The Morgan fingerprint density at radius 3 is 2.50 bits per heavy atom. The van der Waals surface area contributed by atoms with E-state index in [1.165, 1.54) is 21.3 Å². The maximum atomic E-state index is 11.2. The van der Waals surface area contributed by atoms with E-state index in [1.54, 1.807) is 12.1 Å². The van der Waals surface area contributed by atoms with Gasteiger partial charge in [0.1, 0.15) is 0 Å². The number of hydrogen-bond donors (Lipinski definition) is 1. The van der Waals surface area contributed by atoms with Crippen LogP contribution in [0, 0.1) is 0 Å². The fourth-order valence-electron chi connectivity index (χ4n) is 1.56. The zero-order valence-corrected chi connectivity index (χ0v) is 11.3. The third kappa shape index (κ3) is 3.05. The van der Waals surface area contributed by atoms with Crippen LogP contribution in [0.1, 0.15) is 18.0 Å². The Hall–Kier alpha value is -1.46. The third-order valence-corrected chi connectivity index (χ3v) is 2.92. The summed E-state index contributed by atoms with van der Waals surface area (Å²) in [6.45, 7) is 0. The van der Waals surface area contributed by atoms with Gasteiger partial charge in [-0.25, -0.2) is 0 Å². The van der Waals surface area contributed by atoms with E-state index in [0.717, 1.165) is 0 Å². The summed E-state index contributed by atoms with van der Waals surface area (Å²) in [4.78, 5) is 11.2. The first-order valence-electron chi connectivity index (χ1n) is 5.27. The first-order valence-corrected chi connectivity index (χ1v) is 5.65. The van der Waals surface area contributed by atoms with E-state index in [0.29, 0.717) is 22.1 Å². The summed E-state index contributed by atoms with van der Waals surface area (Å²) >= 11 is 6.18. The van der Waals surface area contributed by atoms with Crippen LogP contribution in [0.4, 0.5) is 0 Å². The summed E-state index contributed by atoms with van der Waals surface area (Å²) in [6.07, 6.45) is 0.0473. The lowest BCUT2D eigenvalue weighted by Gasteiger charge is -2.16. The maximum absolute atomic E-state index is 11.2. The van der Waals surface area contributed by atoms with Gasteiger partial charge in [-0.15, -0.1) is 0 Å². The monoisotopic (exact) mass is 273 g/mol. The number of methoxy groups -OCH3 is 3. The molecule has 1 aromatic carbocycles. The molecule has 0 aliphatic rings. The van der Waals surface area contributed by atoms with Gasteiger partial charge in [0.15, 0.2) is 11.5 Å². The van der Waals surface area contributed by atoms with Crippen molar-refractivity contribution in [1.82, 2.24) is 0 Å². The minimum Gasteiger partial charge on any atom is -0.493 e. The largest absolute Gasteiger partial charge is 0.493 e. The molecule has 0 aromatic heterocycles. The number of ether oxygens (including phenoxy) is 3. The van der Waals surface area contributed by atoms with Crippen LogP contribution in [0.2, 0.25) is 5.02 Å². The van der Waals surface area contributed by atoms with Crippen LogP contribution in [-0.4, -0.2) is 27.3 Å². The van der Waals surface area contributed by atoms with Crippen LogP contribution in [0.15, 0.2) is 12.1 Å². The summed E-state index contributed by atoms with van der Waals surface area (Å²) in [5, 5.41) is 0.341. The van der Waals surface area contributed by atoms with Crippen molar-refractivity contribution in [3.8, 4) is 11.5 Å². The van der Waals surface area contributed by atoms with Crippen LogP contribution >= 0.6 is 11.6 Å². The molecule has 100 valence electrons. The van der Waals surface area contributed by atoms with Crippen LogP contribution in [0.25, 0.3) is 0 Å². The molecule has 0 spiro atoms. The Labute approximate surface area is 111 Å². The first kappa shape index (κ1) is 14.6. The molecule has 0 aliphatic carbocycles. The van der Waals surface area contributed by atoms with Crippen molar-refractivity contribution in [2.75, 3.05) is 21.3 Å². The Kier molecular flexibility index (Phi) is 5.25. The Morgan fingerprint density at radius 1 is 1.33 bits per heavy atom. The van der Waals surface area contributed by atoms with Crippen molar-refractivity contribution in [1.29, 1.82) is 0 Å². The molecule has 1 rings (SSSR count). The molecule has 6 heteroatoms. The highest BCUT2D eigenvalue weighted by molar-refractivity contribution is 6.33. The molecule has 0 saturated carbocycles. The van der Waals surface area contributed by atoms with Crippen molar-refractivity contribution in [2.24, 2.45) is 5.73 Å². The van der Waals surface area contributed by atoms with Crippen molar-refractivity contribution < 1.29 is 19.0 Å². The zero-order chi connectivity index (χ0) is 13.7. The fraction of sp³-hybridized carbons (Fsp3) is 0.417. The highest BCUT2D eigenvalue weighted by atomic mass is 35.5. The number of carbonyl (C=O) groups is 1. The molecule has 1 aromatic rings. The summed E-state index contributed by atoms with van der Waals surface area (Å²) in [5.74, 6) is 0.516. The second-order valence-electron chi connectivity index (χ2n) is 3.59. The number of nitrogens with two attached hydrogens (primary N) is 1. The summed E-state index contributed by atoms with van der Waals surface area (Å²) in [6, 6.07) is 2.85. The molecule has 1 atom stereocenters. The molecule has 0 aliphatic heterocycles. The van der Waals surface area contributed by atoms with E-state index in [-0.39, 0.29) is 6.42 Å². The highest BCUT2D eigenvalue weighted by Crippen LogP contribution is 2.39. The second-order valence-corrected chi connectivity index (χ2v) is 3.97. The van der Waals surface area contributed by atoms with Crippen molar-refractivity contribution in [2.45, 2.75) is 12.5 Å². The lowest BCUT2D eigenvalue weighted by atomic mass is 10.0. The molecule has 18 heavy (non-hydrogen) atoms. The minimum atomic E-state index is -0.551. The van der Waals surface area contributed by atoms with Gasteiger partial charge < -0.3 is 19.9 Å². The Bertz CT molecular complexity index is 436. The van der Waals surface area contributed by atoms with Crippen molar-refractivity contribution >= 4 is 17.6 Å². The van der Waals surface area contributed by atoms with E-state index >= 15 is 0 Å². The predicted molar refractivity (Wildman–Crippen MR) is 68.1 cm³/mol. The lowest BCUT2D eigenvalue weighted by molar-refractivity contribution is -0.141. The van der Waals surface area contributed by atoms with Gasteiger partial charge in [-0.3, -0.25) is 4.79 Å². The summed E-state index contributed by atoms with van der Waals surface area (Å²) < 4.78 is 14.8. The minimum absolute atomic E-state index is 0.0473.